The Labute approximate surface area is 173 Å². The largest absolute Gasteiger partial charge is 0.474 e. The van der Waals surface area contributed by atoms with Gasteiger partial charge in [-0.05, 0) is 49.8 Å². The highest BCUT2D eigenvalue weighted by molar-refractivity contribution is 5.79. The van der Waals surface area contributed by atoms with Gasteiger partial charge in [-0.25, -0.2) is 9.98 Å². The second kappa shape index (κ2) is 11.4. The second-order valence-corrected chi connectivity index (χ2v) is 7.39. The van der Waals surface area contributed by atoms with Gasteiger partial charge in [-0.15, -0.1) is 0 Å². The van der Waals surface area contributed by atoms with Gasteiger partial charge in [0, 0.05) is 31.3 Å². The van der Waals surface area contributed by atoms with Crippen molar-refractivity contribution in [3.63, 3.8) is 0 Å². The van der Waals surface area contributed by atoms with Gasteiger partial charge in [0.1, 0.15) is 6.10 Å². The summed E-state index contributed by atoms with van der Waals surface area (Å²) in [4.78, 5) is 9.03. The van der Waals surface area contributed by atoms with Crippen molar-refractivity contribution < 1.29 is 9.84 Å². The Hall–Kier alpha value is -2.60. The molecular formula is C23H32N4O2. The van der Waals surface area contributed by atoms with E-state index in [9.17, 15) is 5.11 Å². The molecule has 3 N–H and O–H groups in total. The fraction of sp³-hybridized carbons (Fsp3) is 0.478. The zero-order valence-electron chi connectivity index (χ0n) is 17.2. The van der Waals surface area contributed by atoms with Gasteiger partial charge in [0.25, 0.3) is 0 Å². The van der Waals surface area contributed by atoms with E-state index in [-0.39, 0.29) is 12.5 Å². The van der Waals surface area contributed by atoms with Crippen molar-refractivity contribution in [1.82, 2.24) is 15.6 Å². The minimum absolute atomic E-state index is 0.0207. The first-order chi connectivity index (χ1) is 14.3. The maximum absolute atomic E-state index is 9.76. The molecule has 1 unspecified atom stereocenters. The molecule has 0 spiro atoms. The number of aliphatic imine (C=N–C) groups is 1. The zero-order chi connectivity index (χ0) is 20.3. The fourth-order valence-electron chi connectivity index (χ4n) is 3.54. The van der Waals surface area contributed by atoms with E-state index < -0.39 is 0 Å². The van der Waals surface area contributed by atoms with Gasteiger partial charge in [0.05, 0.1) is 13.2 Å². The fourth-order valence-corrected chi connectivity index (χ4v) is 3.54. The average Bonchev–Trinajstić information content (AvgIpc) is 3.26. The van der Waals surface area contributed by atoms with Crippen LogP contribution in [-0.4, -0.2) is 41.9 Å². The molecule has 3 rings (SSSR count). The summed E-state index contributed by atoms with van der Waals surface area (Å²) in [5, 5.41) is 16.4. The topological polar surface area (TPSA) is 78.8 Å². The van der Waals surface area contributed by atoms with E-state index in [0.29, 0.717) is 25.1 Å². The number of rotatable bonds is 9. The third-order valence-corrected chi connectivity index (χ3v) is 5.16. The van der Waals surface area contributed by atoms with Crippen LogP contribution < -0.4 is 15.4 Å². The molecule has 1 fully saturated rings. The normalized spacial score (nSPS) is 15.9. The van der Waals surface area contributed by atoms with Crippen LogP contribution in [0.25, 0.3) is 0 Å². The van der Waals surface area contributed by atoms with Crippen molar-refractivity contribution in [3.05, 3.63) is 59.8 Å². The molecule has 0 amide bonds. The Morgan fingerprint density at radius 1 is 1.21 bits per heavy atom. The summed E-state index contributed by atoms with van der Waals surface area (Å²) in [5.41, 5.74) is 2.17. The molecule has 1 saturated carbocycles. The number of nitrogens with zero attached hydrogens (tertiary/aromatic N) is 2. The lowest BCUT2D eigenvalue weighted by atomic mass is 10.0. The van der Waals surface area contributed by atoms with E-state index in [1.165, 1.54) is 12.8 Å². The Kier molecular flexibility index (Phi) is 8.31. The van der Waals surface area contributed by atoms with Gasteiger partial charge in [0.15, 0.2) is 5.96 Å². The summed E-state index contributed by atoms with van der Waals surface area (Å²) in [6.45, 7) is 4.04. The number of ether oxygens (including phenoxy) is 1. The summed E-state index contributed by atoms with van der Waals surface area (Å²) in [5.74, 6) is 1.44. The molecule has 0 radical (unpaired) electrons. The van der Waals surface area contributed by atoms with Crippen molar-refractivity contribution >= 4 is 5.96 Å². The maximum atomic E-state index is 9.76. The van der Waals surface area contributed by atoms with Gasteiger partial charge in [0.2, 0.25) is 5.88 Å². The van der Waals surface area contributed by atoms with Crippen LogP contribution in [0.15, 0.2) is 53.7 Å². The molecule has 156 valence electrons. The first kappa shape index (κ1) is 21.1. The minimum atomic E-state index is 0.0207. The molecule has 1 aromatic carbocycles. The molecule has 6 nitrogen and oxygen atoms in total. The molecule has 1 aliphatic carbocycles. The second-order valence-electron chi connectivity index (χ2n) is 7.39. The van der Waals surface area contributed by atoms with Crippen LogP contribution in [-0.2, 0) is 6.54 Å². The number of aliphatic hydroxyl groups is 1. The lowest BCUT2D eigenvalue weighted by Gasteiger charge is -2.18. The van der Waals surface area contributed by atoms with Gasteiger partial charge < -0.3 is 20.5 Å². The van der Waals surface area contributed by atoms with E-state index in [4.69, 9.17) is 4.74 Å². The van der Waals surface area contributed by atoms with E-state index in [1.807, 2.05) is 49.4 Å². The summed E-state index contributed by atoms with van der Waals surface area (Å²) in [6.07, 6.45) is 6.80. The van der Waals surface area contributed by atoms with Gasteiger partial charge in [-0.2, -0.15) is 0 Å². The van der Waals surface area contributed by atoms with Crippen LogP contribution in [0.2, 0.25) is 0 Å². The molecule has 6 heteroatoms. The van der Waals surface area contributed by atoms with Crippen molar-refractivity contribution in [2.75, 3.05) is 19.7 Å². The Bertz CT molecular complexity index is 760. The van der Waals surface area contributed by atoms with E-state index in [2.05, 4.69) is 20.6 Å². The minimum Gasteiger partial charge on any atom is -0.474 e. The first-order valence-corrected chi connectivity index (χ1v) is 10.6. The summed E-state index contributed by atoms with van der Waals surface area (Å²) in [6, 6.07) is 14.0. The maximum Gasteiger partial charge on any atom is 0.213 e. The van der Waals surface area contributed by atoms with Gasteiger partial charge >= 0.3 is 0 Å². The van der Waals surface area contributed by atoms with Crippen LogP contribution in [0.4, 0.5) is 0 Å². The van der Waals surface area contributed by atoms with E-state index >= 15 is 0 Å². The Morgan fingerprint density at radius 2 is 2.00 bits per heavy atom. The molecule has 1 atom stereocenters. The number of nitrogens with one attached hydrogen (secondary N) is 2. The number of hydrogen-bond donors (Lipinski definition) is 3. The predicted molar refractivity (Wildman–Crippen MR) is 116 cm³/mol. The monoisotopic (exact) mass is 396 g/mol. The van der Waals surface area contributed by atoms with Crippen LogP contribution in [0, 0.1) is 0 Å². The highest BCUT2D eigenvalue weighted by atomic mass is 16.5. The number of aromatic nitrogens is 1. The van der Waals surface area contributed by atoms with Crippen LogP contribution in [0.3, 0.4) is 0 Å². The molecule has 2 aromatic rings. The number of hydrogen-bond acceptors (Lipinski definition) is 4. The molecule has 29 heavy (non-hydrogen) atoms. The van der Waals surface area contributed by atoms with Crippen LogP contribution in [0.5, 0.6) is 5.88 Å². The highest BCUT2D eigenvalue weighted by Gasteiger charge is 2.17. The summed E-state index contributed by atoms with van der Waals surface area (Å²) < 4.78 is 5.99. The molecule has 0 aliphatic heterocycles. The van der Waals surface area contributed by atoms with Crippen molar-refractivity contribution in [3.8, 4) is 5.88 Å². The molecule has 0 saturated heterocycles. The highest BCUT2D eigenvalue weighted by Crippen LogP contribution is 2.23. The van der Waals surface area contributed by atoms with Gasteiger partial charge in [-0.1, -0.05) is 30.3 Å². The SMILES string of the molecule is CCNC(=NCc1ccnc(OC2CCCC2)c1)NCC(CO)c1ccccc1. The first-order valence-electron chi connectivity index (χ1n) is 10.6. The lowest BCUT2D eigenvalue weighted by molar-refractivity contribution is 0.201. The zero-order valence-corrected chi connectivity index (χ0v) is 17.2. The number of pyridine rings is 1. The standard InChI is InChI=1S/C23H32N4O2/c1-2-24-23(27-16-20(17-28)19-8-4-3-5-9-19)26-15-18-12-13-25-22(14-18)29-21-10-6-7-11-21/h3-5,8-9,12-14,20-21,28H,2,6-7,10-11,15-17H2,1H3,(H2,24,26,27). The molecule has 0 bridgehead atoms. The number of guanidine groups is 1. The molecular weight excluding hydrogens is 364 g/mol. The lowest BCUT2D eigenvalue weighted by Crippen LogP contribution is -2.39. The van der Waals surface area contributed by atoms with Crippen LogP contribution >= 0.6 is 0 Å². The van der Waals surface area contributed by atoms with Crippen molar-refractivity contribution in [1.29, 1.82) is 0 Å². The van der Waals surface area contributed by atoms with Crippen molar-refractivity contribution in [2.45, 2.75) is 51.2 Å². The van der Waals surface area contributed by atoms with E-state index in [1.54, 1.807) is 6.20 Å². The summed E-state index contributed by atoms with van der Waals surface area (Å²) >= 11 is 0. The Morgan fingerprint density at radius 3 is 2.72 bits per heavy atom. The number of benzene rings is 1. The number of aliphatic hydroxyl groups excluding tert-OH is 1. The molecule has 1 aromatic heterocycles. The van der Waals surface area contributed by atoms with Crippen molar-refractivity contribution in [2.24, 2.45) is 4.99 Å². The molecule has 1 heterocycles. The quantitative estimate of drug-likeness (QED) is 0.448. The smallest absolute Gasteiger partial charge is 0.213 e. The van der Waals surface area contributed by atoms with E-state index in [0.717, 1.165) is 36.5 Å². The predicted octanol–water partition coefficient (Wildman–Crippen LogP) is 3.23. The third kappa shape index (κ3) is 6.75. The third-order valence-electron chi connectivity index (χ3n) is 5.16. The Balaban J connectivity index is 1.58. The summed E-state index contributed by atoms with van der Waals surface area (Å²) in [7, 11) is 0. The average molecular weight is 397 g/mol. The van der Waals surface area contributed by atoms with Gasteiger partial charge in [-0.3, -0.25) is 0 Å². The molecule has 1 aliphatic rings. The van der Waals surface area contributed by atoms with Crippen LogP contribution in [0.1, 0.15) is 49.7 Å².